The number of imidazole rings is 1. The molecule has 0 fully saturated rings. The summed E-state index contributed by atoms with van der Waals surface area (Å²) in [6.45, 7) is 0. The van der Waals surface area contributed by atoms with E-state index < -0.39 is 0 Å². The van der Waals surface area contributed by atoms with Crippen molar-refractivity contribution < 1.29 is 0 Å². The molecular formula is C36H22N4. The Morgan fingerprint density at radius 2 is 1.07 bits per heavy atom. The van der Waals surface area contributed by atoms with Crippen molar-refractivity contribution in [1.82, 2.24) is 18.9 Å². The van der Waals surface area contributed by atoms with Crippen LogP contribution in [0.5, 0.6) is 0 Å². The molecule has 0 atom stereocenters. The third-order valence-electron chi connectivity index (χ3n) is 8.08. The van der Waals surface area contributed by atoms with Crippen LogP contribution >= 0.6 is 0 Å². The monoisotopic (exact) mass is 510 g/mol. The molecule has 0 aliphatic carbocycles. The van der Waals surface area contributed by atoms with Gasteiger partial charge in [-0.2, -0.15) is 0 Å². The van der Waals surface area contributed by atoms with Crippen molar-refractivity contribution in [2.45, 2.75) is 0 Å². The van der Waals surface area contributed by atoms with Crippen LogP contribution in [-0.2, 0) is 0 Å². The van der Waals surface area contributed by atoms with Crippen molar-refractivity contribution in [3.63, 3.8) is 0 Å². The predicted molar refractivity (Wildman–Crippen MR) is 165 cm³/mol. The van der Waals surface area contributed by atoms with Gasteiger partial charge in [-0.15, -0.1) is 0 Å². The predicted octanol–water partition coefficient (Wildman–Crippen LogP) is 8.95. The molecule has 0 spiro atoms. The molecule has 6 aromatic carbocycles. The second-order valence-electron chi connectivity index (χ2n) is 10.3. The normalized spacial score (nSPS) is 12.0. The average Bonchev–Trinajstić information content (AvgIpc) is 3.57. The van der Waals surface area contributed by atoms with E-state index in [-0.39, 0.29) is 0 Å². The zero-order chi connectivity index (χ0) is 26.2. The standard InChI is InChI=1S/C36H22N4/c1-2-10-24-21-25(18-17-23(24)9-1)26-19-20-28-27-11-4-7-15-32(27)39(34(28)22-26)36-38-30-13-5-3-12-29(30)35-37-31-14-6-8-16-33(31)40(35)36/h1-22H. The molecule has 0 radical (unpaired) electrons. The third kappa shape index (κ3) is 2.96. The minimum atomic E-state index is 0.837. The Bertz CT molecular complexity index is 2440. The Balaban J connectivity index is 1.43. The summed E-state index contributed by atoms with van der Waals surface area (Å²) in [5.74, 6) is 0.837. The number of para-hydroxylation sites is 4. The zero-order valence-corrected chi connectivity index (χ0v) is 21.5. The zero-order valence-electron chi connectivity index (χ0n) is 21.5. The minimum Gasteiger partial charge on any atom is -0.279 e. The maximum atomic E-state index is 5.30. The fourth-order valence-corrected chi connectivity index (χ4v) is 6.21. The molecule has 0 aliphatic rings. The maximum absolute atomic E-state index is 5.30. The van der Waals surface area contributed by atoms with E-state index in [1.165, 1.54) is 32.7 Å². The van der Waals surface area contributed by atoms with Crippen LogP contribution in [0.15, 0.2) is 133 Å². The summed E-state index contributed by atoms with van der Waals surface area (Å²) in [7, 11) is 0. The van der Waals surface area contributed by atoms with Crippen LogP contribution in [0.4, 0.5) is 0 Å². The van der Waals surface area contributed by atoms with Gasteiger partial charge in [0.05, 0.1) is 27.6 Å². The van der Waals surface area contributed by atoms with Crippen molar-refractivity contribution in [3.8, 4) is 17.1 Å². The molecule has 0 saturated carbocycles. The number of rotatable bonds is 2. The molecule has 0 amide bonds. The van der Waals surface area contributed by atoms with Crippen molar-refractivity contribution in [2.75, 3.05) is 0 Å². The fraction of sp³-hybridized carbons (Fsp3) is 0. The van der Waals surface area contributed by atoms with Gasteiger partial charge in [-0.05, 0) is 64.4 Å². The van der Waals surface area contributed by atoms with Crippen LogP contribution in [0.1, 0.15) is 0 Å². The molecular weight excluding hydrogens is 488 g/mol. The van der Waals surface area contributed by atoms with Gasteiger partial charge in [-0.25, -0.2) is 9.97 Å². The van der Waals surface area contributed by atoms with Crippen molar-refractivity contribution in [1.29, 1.82) is 0 Å². The van der Waals surface area contributed by atoms with Gasteiger partial charge in [0, 0.05) is 16.2 Å². The summed E-state index contributed by atoms with van der Waals surface area (Å²) >= 11 is 0. The lowest BCUT2D eigenvalue weighted by Gasteiger charge is -2.13. The molecule has 0 N–H and O–H groups in total. The van der Waals surface area contributed by atoms with E-state index in [9.17, 15) is 0 Å². The largest absolute Gasteiger partial charge is 0.279 e. The van der Waals surface area contributed by atoms with Crippen LogP contribution in [-0.4, -0.2) is 18.9 Å². The van der Waals surface area contributed by atoms with Gasteiger partial charge in [0.15, 0.2) is 0 Å². The van der Waals surface area contributed by atoms with E-state index in [0.29, 0.717) is 0 Å². The van der Waals surface area contributed by atoms with Crippen LogP contribution < -0.4 is 0 Å². The van der Waals surface area contributed by atoms with Crippen LogP contribution in [0.3, 0.4) is 0 Å². The molecule has 4 heteroatoms. The molecule has 0 saturated heterocycles. The van der Waals surface area contributed by atoms with E-state index in [4.69, 9.17) is 9.97 Å². The smallest absolute Gasteiger partial charge is 0.221 e. The fourth-order valence-electron chi connectivity index (χ4n) is 6.21. The van der Waals surface area contributed by atoms with Crippen LogP contribution in [0, 0.1) is 0 Å². The lowest BCUT2D eigenvalue weighted by molar-refractivity contribution is 0.979. The number of benzene rings is 6. The Hall–Kier alpha value is -5.48. The first-order valence-electron chi connectivity index (χ1n) is 13.5. The summed E-state index contributed by atoms with van der Waals surface area (Å²) in [6, 6.07) is 47.2. The number of hydrogen-bond donors (Lipinski definition) is 0. The molecule has 9 rings (SSSR count). The quantitative estimate of drug-likeness (QED) is 0.233. The van der Waals surface area contributed by atoms with E-state index in [1.54, 1.807) is 0 Å². The Morgan fingerprint density at radius 1 is 0.425 bits per heavy atom. The highest BCUT2D eigenvalue weighted by Gasteiger charge is 2.20. The molecule has 0 bridgehead atoms. The van der Waals surface area contributed by atoms with Crippen LogP contribution in [0.2, 0.25) is 0 Å². The summed E-state index contributed by atoms with van der Waals surface area (Å²) in [5, 5.41) is 5.93. The van der Waals surface area contributed by atoms with Gasteiger partial charge in [0.2, 0.25) is 5.95 Å². The summed E-state index contributed by atoms with van der Waals surface area (Å²) in [6.07, 6.45) is 0. The lowest BCUT2D eigenvalue weighted by Crippen LogP contribution is -2.06. The van der Waals surface area contributed by atoms with Crippen molar-refractivity contribution >= 4 is 60.2 Å². The first-order valence-corrected chi connectivity index (χ1v) is 13.5. The summed E-state index contributed by atoms with van der Waals surface area (Å²) < 4.78 is 4.52. The number of fused-ring (bicyclic) bond motifs is 9. The minimum absolute atomic E-state index is 0.837. The van der Waals surface area contributed by atoms with Gasteiger partial charge < -0.3 is 0 Å². The summed E-state index contributed by atoms with van der Waals surface area (Å²) in [5.41, 5.74) is 8.46. The van der Waals surface area contributed by atoms with E-state index in [0.717, 1.165) is 44.6 Å². The highest BCUT2D eigenvalue weighted by atomic mass is 15.2. The first kappa shape index (κ1) is 21.5. The molecule has 0 aliphatic heterocycles. The molecule has 3 heterocycles. The van der Waals surface area contributed by atoms with Crippen molar-refractivity contribution in [2.24, 2.45) is 0 Å². The second kappa shape index (κ2) is 8.01. The first-order chi connectivity index (χ1) is 19.8. The van der Waals surface area contributed by atoms with E-state index in [1.807, 2.05) is 12.1 Å². The van der Waals surface area contributed by atoms with Crippen LogP contribution in [0.25, 0.3) is 77.2 Å². The molecule has 9 aromatic rings. The SMILES string of the molecule is c1ccc2cc(-c3ccc4c5ccccc5n(-c5nc6ccccc6c6nc7ccccc7n56)c4c3)ccc2c1. The van der Waals surface area contributed by atoms with Gasteiger partial charge in [0.25, 0.3) is 0 Å². The van der Waals surface area contributed by atoms with Gasteiger partial charge >= 0.3 is 0 Å². The topological polar surface area (TPSA) is 35.1 Å². The molecule has 0 unspecified atom stereocenters. The third-order valence-corrected chi connectivity index (χ3v) is 8.08. The maximum Gasteiger partial charge on any atom is 0.221 e. The molecule has 3 aromatic heterocycles. The average molecular weight is 511 g/mol. The van der Waals surface area contributed by atoms with E-state index >= 15 is 0 Å². The van der Waals surface area contributed by atoms with Gasteiger partial charge in [-0.3, -0.25) is 8.97 Å². The summed E-state index contributed by atoms with van der Waals surface area (Å²) in [4.78, 5) is 10.4. The Kier molecular flexibility index (Phi) is 4.30. The molecule has 40 heavy (non-hydrogen) atoms. The number of aromatic nitrogens is 4. The Labute approximate surface area is 229 Å². The van der Waals surface area contributed by atoms with Gasteiger partial charge in [0.1, 0.15) is 5.65 Å². The second-order valence-corrected chi connectivity index (χ2v) is 10.3. The van der Waals surface area contributed by atoms with E-state index in [2.05, 4.69) is 130 Å². The lowest BCUT2D eigenvalue weighted by atomic mass is 10.00. The van der Waals surface area contributed by atoms with Gasteiger partial charge in [-0.1, -0.05) is 91.0 Å². The number of hydrogen-bond acceptors (Lipinski definition) is 2. The number of nitrogens with zero attached hydrogens (tertiary/aromatic N) is 4. The highest BCUT2D eigenvalue weighted by Crippen LogP contribution is 2.36. The Morgan fingerprint density at radius 3 is 1.98 bits per heavy atom. The highest BCUT2D eigenvalue weighted by molar-refractivity contribution is 6.10. The van der Waals surface area contributed by atoms with Crippen molar-refractivity contribution in [3.05, 3.63) is 133 Å². The molecule has 4 nitrogen and oxygen atoms in total. The molecule has 186 valence electrons.